The molecule has 3 rings (SSSR count). The molecule has 11 heteroatoms. The highest BCUT2D eigenvalue weighted by Gasteiger charge is 2.28. The zero-order valence-corrected chi connectivity index (χ0v) is 14.9. The third-order valence-electron chi connectivity index (χ3n) is 3.24. The number of carbonyl (C=O) groups is 1. The first-order chi connectivity index (χ1) is 11.6. The molecule has 0 unspecified atom stereocenters. The topological polar surface area (TPSA) is 97.6 Å². The molecule has 0 spiro atoms. The van der Waals surface area contributed by atoms with E-state index < -0.39 is 0 Å². The van der Waals surface area contributed by atoms with Crippen LogP contribution >= 0.6 is 35.0 Å². The molecule has 2 N–H and O–H groups in total. The van der Waals surface area contributed by atoms with Crippen LogP contribution in [0.2, 0.25) is 10.0 Å². The highest BCUT2D eigenvalue weighted by atomic mass is 35.5. The van der Waals surface area contributed by atoms with Gasteiger partial charge >= 0.3 is 0 Å². The average Bonchev–Trinajstić information content (AvgIpc) is 3.29. The third-order valence-corrected chi connectivity index (χ3v) is 4.66. The number of rotatable bonds is 8. The van der Waals surface area contributed by atoms with Crippen LogP contribution in [0.5, 0.6) is 0 Å². The summed E-state index contributed by atoms with van der Waals surface area (Å²) in [6.07, 6.45) is 3.70. The van der Waals surface area contributed by atoms with E-state index in [9.17, 15) is 4.79 Å². The van der Waals surface area contributed by atoms with E-state index in [2.05, 4.69) is 31.1 Å². The number of pyridine rings is 1. The van der Waals surface area contributed by atoms with E-state index in [0.717, 1.165) is 12.8 Å². The maximum absolute atomic E-state index is 11.9. The van der Waals surface area contributed by atoms with Crippen LogP contribution in [-0.4, -0.2) is 49.9 Å². The summed E-state index contributed by atoms with van der Waals surface area (Å²) in [5.74, 6) is 0.725. The molecule has 1 aliphatic carbocycles. The molecule has 2 aromatic rings. The number of hydrogen-bond donors (Lipinski definition) is 2. The number of amides is 1. The molecule has 2 heterocycles. The van der Waals surface area contributed by atoms with Gasteiger partial charge in [0, 0.05) is 19.3 Å². The Kier molecular flexibility index (Phi) is 5.75. The van der Waals surface area contributed by atoms with E-state index in [-0.39, 0.29) is 11.7 Å². The van der Waals surface area contributed by atoms with Crippen molar-refractivity contribution in [2.75, 3.05) is 24.2 Å². The first-order valence-electron chi connectivity index (χ1n) is 7.36. The summed E-state index contributed by atoms with van der Waals surface area (Å²) in [4.78, 5) is 15.9. The summed E-state index contributed by atoms with van der Waals surface area (Å²) in [7, 11) is 0. The van der Waals surface area contributed by atoms with Crippen LogP contribution in [0.3, 0.4) is 0 Å². The van der Waals surface area contributed by atoms with E-state index in [4.69, 9.17) is 23.2 Å². The predicted octanol–water partition coefficient (Wildman–Crippen LogP) is 2.03. The number of nitrogens with one attached hydrogen (secondary N) is 2. The molecule has 1 aliphatic rings. The number of halogens is 2. The summed E-state index contributed by atoms with van der Waals surface area (Å²) in [6, 6.07) is 2.00. The van der Waals surface area contributed by atoms with Gasteiger partial charge in [0.1, 0.15) is 5.82 Å². The number of thioether (sulfide) groups is 1. The minimum atomic E-state index is -0.0812. The predicted molar refractivity (Wildman–Crippen MR) is 92.6 cm³/mol. The number of nitrogens with zero attached hydrogens (tertiary/aromatic N) is 5. The zero-order chi connectivity index (χ0) is 16.9. The fourth-order valence-corrected chi connectivity index (χ4v) is 3.16. The fourth-order valence-electron chi connectivity index (χ4n) is 1.94. The van der Waals surface area contributed by atoms with Crippen molar-refractivity contribution in [3.05, 3.63) is 22.3 Å². The van der Waals surface area contributed by atoms with E-state index in [0.29, 0.717) is 40.2 Å². The standard InChI is InChI=1S/C13H15Cl2N7OS/c14-8-5-10(15)12(18-6-8)17-4-3-16-11(23)7-24-13-19-20-21-22(13)9-1-2-9/h5-6,9H,1-4,7H2,(H,16,23)(H,17,18). The lowest BCUT2D eigenvalue weighted by molar-refractivity contribution is -0.118. The van der Waals surface area contributed by atoms with Crippen molar-refractivity contribution < 1.29 is 4.79 Å². The van der Waals surface area contributed by atoms with Gasteiger partial charge in [-0.05, 0) is 29.3 Å². The third kappa shape index (κ3) is 4.71. The van der Waals surface area contributed by atoms with E-state index in [1.165, 1.54) is 18.0 Å². The number of aromatic nitrogens is 5. The van der Waals surface area contributed by atoms with Crippen LogP contribution in [0.15, 0.2) is 17.4 Å². The van der Waals surface area contributed by atoms with Gasteiger partial charge < -0.3 is 10.6 Å². The molecule has 1 fully saturated rings. The Morgan fingerprint density at radius 1 is 1.38 bits per heavy atom. The number of hydrogen-bond acceptors (Lipinski definition) is 7. The summed E-state index contributed by atoms with van der Waals surface area (Å²) in [5, 5.41) is 19.0. The lowest BCUT2D eigenvalue weighted by atomic mass is 10.4. The Balaban J connectivity index is 1.36. The second kappa shape index (κ2) is 8.00. The molecule has 0 aromatic carbocycles. The maximum Gasteiger partial charge on any atom is 0.230 e. The number of anilines is 1. The lowest BCUT2D eigenvalue weighted by Crippen LogP contribution is -2.30. The lowest BCUT2D eigenvalue weighted by Gasteiger charge is -2.08. The van der Waals surface area contributed by atoms with Gasteiger partial charge in [-0.3, -0.25) is 4.79 Å². The average molecular weight is 388 g/mol. The van der Waals surface area contributed by atoms with Crippen LogP contribution in [0.4, 0.5) is 5.82 Å². The molecule has 0 saturated heterocycles. The van der Waals surface area contributed by atoms with Gasteiger partial charge in [-0.25, -0.2) is 9.67 Å². The van der Waals surface area contributed by atoms with Gasteiger partial charge in [0.05, 0.1) is 21.8 Å². The largest absolute Gasteiger partial charge is 0.367 e. The van der Waals surface area contributed by atoms with E-state index in [1.807, 2.05) is 0 Å². The summed E-state index contributed by atoms with van der Waals surface area (Å²) in [6.45, 7) is 0.957. The Bertz CT molecular complexity index is 722. The van der Waals surface area contributed by atoms with Crippen LogP contribution in [-0.2, 0) is 4.79 Å². The first-order valence-corrected chi connectivity index (χ1v) is 9.10. The van der Waals surface area contributed by atoms with Crippen molar-refractivity contribution >= 4 is 46.7 Å². The van der Waals surface area contributed by atoms with Crippen molar-refractivity contribution in [2.45, 2.75) is 24.0 Å². The van der Waals surface area contributed by atoms with Gasteiger partial charge in [-0.2, -0.15) is 0 Å². The minimum Gasteiger partial charge on any atom is -0.367 e. The Morgan fingerprint density at radius 3 is 2.96 bits per heavy atom. The molecule has 8 nitrogen and oxygen atoms in total. The highest BCUT2D eigenvalue weighted by Crippen LogP contribution is 2.36. The normalized spacial score (nSPS) is 13.8. The van der Waals surface area contributed by atoms with Gasteiger partial charge in [0.15, 0.2) is 0 Å². The van der Waals surface area contributed by atoms with E-state index >= 15 is 0 Å². The maximum atomic E-state index is 11.9. The smallest absolute Gasteiger partial charge is 0.230 e. The van der Waals surface area contributed by atoms with Crippen LogP contribution in [0.1, 0.15) is 18.9 Å². The molecule has 0 aliphatic heterocycles. The molecule has 128 valence electrons. The van der Waals surface area contributed by atoms with E-state index in [1.54, 1.807) is 10.7 Å². The van der Waals surface area contributed by atoms with Crippen LogP contribution < -0.4 is 10.6 Å². The summed E-state index contributed by atoms with van der Waals surface area (Å²) < 4.78 is 1.79. The minimum absolute atomic E-state index is 0.0812. The van der Waals surface area contributed by atoms with Crippen LogP contribution in [0.25, 0.3) is 0 Å². The Labute approximate surface area is 152 Å². The Morgan fingerprint density at radius 2 is 2.21 bits per heavy atom. The molecule has 2 aromatic heterocycles. The van der Waals surface area contributed by atoms with Crippen molar-refractivity contribution in [1.29, 1.82) is 0 Å². The fraction of sp³-hybridized carbons (Fsp3) is 0.462. The van der Waals surface area contributed by atoms with Crippen LogP contribution in [0, 0.1) is 0 Å². The second-order valence-corrected chi connectivity index (χ2v) is 6.97. The quantitative estimate of drug-likeness (QED) is 0.528. The van der Waals surface area contributed by atoms with Gasteiger partial charge in [0.2, 0.25) is 11.1 Å². The van der Waals surface area contributed by atoms with Gasteiger partial charge in [-0.15, -0.1) is 5.10 Å². The molecule has 0 bridgehead atoms. The zero-order valence-electron chi connectivity index (χ0n) is 12.6. The molecule has 1 amide bonds. The van der Waals surface area contributed by atoms with Crippen molar-refractivity contribution in [3.8, 4) is 0 Å². The SMILES string of the molecule is O=C(CSc1nnnn1C1CC1)NCCNc1ncc(Cl)cc1Cl. The second-order valence-electron chi connectivity index (χ2n) is 5.19. The van der Waals surface area contributed by atoms with Crippen molar-refractivity contribution in [1.82, 2.24) is 30.5 Å². The summed E-state index contributed by atoms with van der Waals surface area (Å²) in [5.41, 5.74) is 0. The molecule has 1 saturated carbocycles. The van der Waals surface area contributed by atoms with Crippen molar-refractivity contribution in [3.63, 3.8) is 0 Å². The molecule has 0 radical (unpaired) electrons. The molecule has 0 atom stereocenters. The van der Waals surface area contributed by atoms with Gasteiger partial charge in [-0.1, -0.05) is 35.0 Å². The van der Waals surface area contributed by atoms with Crippen molar-refractivity contribution in [2.24, 2.45) is 0 Å². The number of tetrazole rings is 1. The van der Waals surface area contributed by atoms with Gasteiger partial charge in [0.25, 0.3) is 0 Å². The monoisotopic (exact) mass is 387 g/mol. The summed E-state index contributed by atoms with van der Waals surface area (Å²) >= 11 is 13.1. The molecular weight excluding hydrogens is 373 g/mol. The molecular formula is C13H15Cl2N7OS. The molecule has 24 heavy (non-hydrogen) atoms. The first kappa shape index (κ1) is 17.2. The number of carbonyl (C=O) groups excluding carboxylic acids is 1. The highest BCUT2D eigenvalue weighted by molar-refractivity contribution is 7.99. The Hall–Kier alpha value is -1.58.